The SMILES string of the molecule is CC1(C)c2cc(-c3cc4c(c5ccccc35)Oc3ccccc3C43c4ccccc4-c4ccccc43)ccc2-c2ccc3ccccc3c21. The van der Waals surface area contributed by atoms with Crippen molar-refractivity contribution in [2.75, 3.05) is 0 Å². The lowest BCUT2D eigenvalue weighted by atomic mass is 9.65. The zero-order valence-corrected chi connectivity index (χ0v) is 27.4. The smallest absolute Gasteiger partial charge is 0.140 e. The Morgan fingerprint density at radius 1 is 0.408 bits per heavy atom. The Bertz CT molecular complexity index is 2680. The maximum atomic E-state index is 6.99. The molecule has 8 aromatic rings. The third kappa shape index (κ3) is 3.30. The number of rotatable bonds is 1. The normalized spacial score (nSPS) is 15.2. The van der Waals surface area contributed by atoms with Gasteiger partial charge in [-0.3, -0.25) is 0 Å². The number of fused-ring (bicyclic) bond motifs is 16. The fraction of sp³-hybridized carbons (Fsp3) is 0.0833. The van der Waals surface area contributed by atoms with Gasteiger partial charge in [0.2, 0.25) is 0 Å². The van der Waals surface area contributed by atoms with E-state index >= 15 is 0 Å². The van der Waals surface area contributed by atoms with Crippen molar-refractivity contribution in [2.45, 2.75) is 24.7 Å². The van der Waals surface area contributed by atoms with Gasteiger partial charge in [0.05, 0.1) is 5.41 Å². The molecule has 0 radical (unpaired) electrons. The first kappa shape index (κ1) is 27.1. The molecule has 0 atom stereocenters. The van der Waals surface area contributed by atoms with E-state index in [0.29, 0.717) is 0 Å². The minimum atomic E-state index is -0.513. The van der Waals surface area contributed by atoms with E-state index in [2.05, 4.69) is 172 Å². The lowest BCUT2D eigenvalue weighted by Gasteiger charge is -2.40. The largest absolute Gasteiger partial charge is 0.456 e. The van der Waals surface area contributed by atoms with Crippen LogP contribution in [-0.2, 0) is 10.8 Å². The highest BCUT2D eigenvalue weighted by molar-refractivity contribution is 6.05. The molecule has 0 amide bonds. The van der Waals surface area contributed by atoms with Gasteiger partial charge in [-0.25, -0.2) is 0 Å². The number of benzene rings is 8. The van der Waals surface area contributed by atoms with Crippen molar-refractivity contribution >= 4 is 21.5 Å². The monoisotopic (exact) mass is 624 g/mol. The van der Waals surface area contributed by atoms with Crippen LogP contribution in [0.15, 0.2) is 158 Å². The molecular weight excluding hydrogens is 593 g/mol. The topological polar surface area (TPSA) is 9.23 Å². The molecule has 0 aromatic heterocycles. The van der Waals surface area contributed by atoms with Crippen LogP contribution in [0.25, 0.3) is 54.9 Å². The van der Waals surface area contributed by atoms with Gasteiger partial charge in [-0.2, -0.15) is 0 Å². The summed E-state index contributed by atoms with van der Waals surface area (Å²) in [4.78, 5) is 0. The van der Waals surface area contributed by atoms with Gasteiger partial charge in [0.1, 0.15) is 11.5 Å². The van der Waals surface area contributed by atoms with Crippen LogP contribution >= 0.6 is 0 Å². The number of hydrogen-bond acceptors (Lipinski definition) is 1. The second-order valence-corrected chi connectivity index (χ2v) is 14.4. The molecule has 3 aliphatic rings. The van der Waals surface area contributed by atoms with Gasteiger partial charge in [0, 0.05) is 21.9 Å². The van der Waals surface area contributed by atoms with Crippen molar-refractivity contribution in [3.8, 4) is 44.9 Å². The second kappa shape index (κ2) is 9.36. The standard InChI is InChI=1S/C48H32O/c1-47(2)42-27-30(24-25-35(42)36-26-23-29-13-3-4-14-31(29)45(36)47)38-28-43-46(37-18-6-5-15-32(37)38)49-44-22-12-11-21-41(44)48(43)39-19-9-7-16-33(39)34-17-8-10-20-40(34)48/h3-28H,1-2H3. The minimum absolute atomic E-state index is 0.141. The summed E-state index contributed by atoms with van der Waals surface area (Å²) < 4.78 is 6.99. The molecule has 230 valence electrons. The van der Waals surface area contributed by atoms with Gasteiger partial charge in [-0.1, -0.05) is 153 Å². The van der Waals surface area contributed by atoms with Crippen LogP contribution in [-0.4, -0.2) is 0 Å². The summed E-state index contributed by atoms with van der Waals surface area (Å²) in [5.74, 6) is 1.87. The van der Waals surface area contributed by atoms with E-state index in [0.717, 1.165) is 16.9 Å². The molecule has 0 unspecified atom stereocenters. The van der Waals surface area contributed by atoms with Gasteiger partial charge < -0.3 is 4.74 Å². The van der Waals surface area contributed by atoms with Crippen LogP contribution in [0.3, 0.4) is 0 Å². The average Bonchev–Trinajstić information content (AvgIpc) is 3.57. The first-order valence-electron chi connectivity index (χ1n) is 17.3. The van der Waals surface area contributed by atoms with E-state index in [1.807, 2.05) is 0 Å². The molecule has 1 heterocycles. The van der Waals surface area contributed by atoms with Crippen LogP contribution in [0, 0.1) is 0 Å². The fourth-order valence-electron chi connectivity index (χ4n) is 9.68. The number of para-hydroxylation sites is 1. The highest BCUT2D eigenvalue weighted by Crippen LogP contribution is 2.63. The fourth-order valence-corrected chi connectivity index (χ4v) is 9.68. The van der Waals surface area contributed by atoms with E-state index < -0.39 is 5.41 Å². The van der Waals surface area contributed by atoms with Crippen molar-refractivity contribution < 1.29 is 4.74 Å². The molecule has 1 heteroatoms. The summed E-state index contributed by atoms with van der Waals surface area (Å²) in [6.07, 6.45) is 0. The minimum Gasteiger partial charge on any atom is -0.456 e. The molecule has 0 saturated carbocycles. The van der Waals surface area contributed by atoms with Crippen LogP contribution in [0.5, 0.6) is 11.5 Å². The van der Waals surface area contributed by atoms with Gasteiger partial charge in [-0.05, 0) is 90.0 Å². The lowest BCUT2D eigenvalue weighted by molar-refractivity contribution is 0.442. The highest BCUT2D eigenvalue weighted by Gasteiger charge is 2.51. The molecule has 49 heavy (non-hydrogen) atoms. The third-order valence-electron chi connectivity index (χ3n) is 11.7. The van der Waals surface area contributed by atoms with E-state index in [9.17, 15) is 0 Å². The zero-order chi connectivity index (χ0) is 32.5. The van der Waals surface area contributed by atoms with Gasteiger partial charge >= 0.3 is 0 Å². The van der Waals surface area contributed by atoms with Gasteiger partial charge in [-0.15, -0.1) is 0 Å². The first-order valence-corrected chi connectivity index (χ1v) is 17.3. The van der Waals surface area contributed by atoms with Crippen LogP contribution < -0.4 is 4.74 Å². The Morgan fingerprint density at radius 2 is 1.00 bits per heavy atom. The third-order valence-corrected chi connectivity index (χ3v) is 11.7. The van der Waals surface area contributed by atoms with E-state index in [1.54, 1.807) is 0 Å². The van der Waals surface area contributed by atoms with E-state index in [4.69, 9.17) is 4.74 Å². The van der Waals surface area contributed by atoms with Crippen molar-refractivity contribution in [3.63, 3.8) is 0 Å². The summed E-state index contributed by atoms with van der Waals surface area (Å²) in [6, 6.07) is 58.5. The zero-order valence-electron chi connectivity index (χ0n) is 27.4. The summed E-state index contributed by atoms with van der Waals surface area (Å²) in [7, 11) is 0. The summed E-state index contributed by atoms with van der Waals surface area (Å²) in [6.45, 7) is 4.79. The molecule has 8 aromatic carbocycles. The predicted molar refractivity (Wildman–Crippen MR) is 202 cm³/mol. The van der Waals surface area contributed by atoms with E-state index in [-0.39, 0.29) is 5.41 Å². The Hall–Kier alpha value is -5.92. The van der Waals surface area contributed by atoms with Crippen molar-refractivity contribution in [1.29, 1.82) is 0 Å². The molecular formula is C48H32O. The molecule has 0 N–H and O–H groups in total. The maximum Gasteiger partial charge on any atom is 0.140 e. The highest BCUT2D eigenvalue weighted by atomic mass is 16.5. The Morgan fingerprint density at radius 3 is 1.78 bits per heavy atom. The summed E-state index contributed by atoms with van der Waals surface area (Å²) in [5.41, 5.74) is 14.9. The quantitative estimate of drug-likeness (QED) is 0.177. The molecule has 1 spiro atoms. The van der Waals surface area contributed by atoms with Crippen molar-refractivity contribution in [3.05, 3.63) is 191 Å². The Labute approximate surface area is 286 Å². The van der Waals surface area contributed by atoms with Crippen LogP contribution in [0.1, 0.15) is 47.2 Å². The van der Waals surface area contributed by atoms with Crippen molar-refractivity contribution in [2.24, 2.45) is 0 Å². The van der Waals surface area contributed by atoms with Crippen LogP contribution in [0.2, 0.25) is 0 Å². The Balaban J connectivity index is 1.22. The predicted octanol–water partition coefficient (Wildman–Crippen LogP) is 12.4. The van der Waals surface area contributed by atoms with Crippen molar-refractivity contribution in [1.82, 2.24) is 0 Å². The number of hydrogen-bond donors (Lipinski definition) is 0. The molecule has 0 fully saturated rings. The molecule has 11 rings (SSSR count). The molecule has 1 nitrogen and oxygen atoms in total. The second-order valence-electron chi connectivity index (χ2n) is 14.4. The molecule has 2 aliphatic carbocycles. The Kier molecular flexibility index (Phi) is 5.17. The van der Waals surface area contributed by atoms with Crippen LogP contribution in [0.4, 0.5) is 0 Å². The van der Waals surface area contributed by atoms with Gasteiger partial charge in [0.15, 0.2) is 0 Å². The summed E-state index contributed by atoms with van der Waals surface area (Å²) >= 11 is 0. The maximum absolute atomic E-state index is 6.99. The average molecular weight is 625 g/mol. The first-order chi connectivity index (χ1) is 24.1. The molecule has 0 bridgehead atoms. The number of ether oxygens (including phenoxy) is 1. The molecule has 0 saturated heterocycles. The molecule has 1 aliphatic heterocycles. The lowest BCUT2D eigenvalue weighted by Crippen LogP contribution is -2.32. The van der Waals surface area contributed by atoms with Gasteiger partial charge in [0.25, 0.3) is 0 Å². The van der Waals surface area contributed by atoms with E-state index in [1.165, 1.54) is 82.9 Å². The summed E-state index contributed by atoms with van der Waals surface area (Å²) in [5, 5.41) is 4.98.